The van der Waals surface area contributed by atoms with Crippen LogP contribution < -0.4 is 4.74 Å². The number of aromatic nitrogens is 2. The zero-order valence-electron chi connectivity index (χ0n) is 18.8. The molecule has 2 heterocycles. The second-order valence-corrected chi connectivity index (χ2v) is 10.0. The number of hydrogen-bond donors (Lipinski definition) is 1. The van der Waals surface area contributed by atoms with Gasteiger partial charge in [-0.2, -0.15) is 5.26 Å². The van der Waals surface area contributed by atoms with Gasteiger partial charge in [0.15, 0.2) is 17.3 Å². The third-order valence-corrected chi connectivity index (χ3v) is 5.88. The molecule has 0 bridgehead atoms. The summed E-state index contributed by atoms with van der Waals surface area (Å²) >= 11 is 0. The van der Waals surface area contributed by atoms with Crippen LogP contribution in [0.5, 0.6) is 11.5 Å². The van der Waals surface area contributed by atoms with E-state index in [1.54, 1.807) is 18.2 Å². The van der Waals surface area contributed by atoms with E-state index in [4.69, 9.17) is 9.72 Å². The highest BCUT2D eigenvalue weighted by Crippen LogP contribution is 2.45. The van der Waals surface area contributed by atoms with Crippen molar-refractivity contribution in [3.8, 4) is 28.7 Å². The van der Waals surface area contributed by atoms with Gasteiger partial charge in [-0.15, -0.1) is 0 Å². The van der Waals surface area contributed by atoms with Crippen molar-refractivity contribution in [1.29, 1.82) is 5.26 Å². The van der Waals surface area contributed by atoms with Crippen LogP contribution in [0.2, 0.25) is 0 Å². The molecule has 1 aromatic carbocycles. The van der Waals surface area contributed by atoms with E-state index in [0.29, 0.717) is 46.3 Å². The number of nitriles is 1. The monoisotopic (exact) mass is 417 g/mol. The standard InChI is InChI=1S/C25H27N3O3/c1-24(2,3)28-13-15(12-26)21-20(14-7-8-17(29)19(9-14)31-6)22-16(27-23(21)28)10-25(4,5)11-18(22)30/h7-9,13,29H,10-11H2,1-6H3. The first kappa shape index (κ1) is 20.9. The van der Waals surface area contributed by atoms with Crippen LogP contribution in [0, 0.1) is 16.7 Å². The van der Waals surface area contributed by atoms with E-state index in [0.717, 1.165) is 11.3 Å². The summed E-state index contributed by atoms with van der Waals surface area (Å²) in [6.07, 6.45) is 2.90. The number of pyridine rings is 1. The summed E-state index contributed by atoms with van der Waals surface area (Å²) in [6.45, 7) is 10.3. The highest BCUT2D eigenvalue weighted by atomic mass is 16.5. The number of carbonyl (C=O) groups is 1. The minimum absolute atomic E-state index is 0.0191. The Morgan fingerprint density at radius 3 is 2.55 bits per heavy atom. The molecule has 1 aliphatic rings. The van der Waals surface area contributed by atoms with Gasteiger partial charge in [0, 0.05) is 34.7 Å². The van der Waals surface area contributed by atoms with Gasteiger partial charge in [-0.05, 0) is 50.3 Å². The molecular formula is C25H27N3O3. The van der Waals surface area contributed by atoms with Gasteiger partial charge in [0.25, 0.3) is 0 Å². The predicted molar refractivity (Wildman–Crippen MR) is 120 cm³/mol. The number of fused-ring (bicyclic) bond motifs is 2. The highest BCUT2D eigenvalue weighted by molar-refractivity contribution is 6.12. The van der Waals surface area contributed by atoms with Crippen LogP contribution in [0.3, 0.4) is 0 Å². The fraction of sp³-hybridized carbons (Fsp3) is 0.400. The van der Waals surface area contributed by atoms with Crippen molar-refractivity contribution in [3.05, 3.63) is 41.2 Å². The molecule has 0 radical (unpaired) electrons. The van der Waals surface area contributed by atoms with Crippen LogP contribution in [-0.4, -0.2) is 27.6 Å². The summed E-state index contributed by atoms with van der Waals surface area (Å²) in [4.78, 5) is 18.3. The molecule has 1 N–H and O–H groups in total. The number of benzene rings is 1. The largest absolute Gasteiger partial charge is 0.504 e. The van der Waals surface area contributed by atoms with Gasteiger partial charge in [-0.25, -0.2) is 4.98 Å². The molecular weight excluding hydrogens is 390 g/mol. The van der Waals surface area contributed by atoms with Crippen molar-refractivity contribution >= 4 is 16.8 Å². The molecule has 6 heteroatoms. The minimum Gasteiger partial charge on any atom is -0.504 e. The van der Waals surface area contributed by atoms with Crippen LogP contribution >= 0.6 is 0 Å². The zero-order valence-corrected chi connectivity index (χ0v) is 18.8. The average molecular weight is 418 g/mol. The molecule has 3 aromatic rings. The smallest absolute Gasteiger partial charge is 0.165 e. The van der Waals surface area contributed by atoms with E-state index in [1.165, 1.54) is 7.11 Å². The molecule has 0 saturated carbocycles. The van der Waals surface area contributed by atoms with Crippen molar-refractivity contribution in [2.45, 2.75) is 53.0 Å². The molecule has 160 valence electrons. The first-order valence-corrected chi connectivity index (χ1v) is 10.4. The van der Waals surface area contributed by atoms with E-state index < -0.39 is 0 Å². The number of Topliss-reactive ketones (excluding diaryl/α,β-unsaturated/α-hetero) is 1. The summed E-state index contributed by atoms with van der Waals surface area (Å²) in [5, 5.41) is 20.7. The van der Waals surface area contributed by atoms with Crippen molar-refractivity contribution in [2.75, 3.05) is 7.11 Å². The first-order valence-electron chi connectivity index (χ1n) is 10.4. The van der Waals surface area contributed by atoms with E-state index >= 15 is 0 Å². The SMILES string of the molecule is COc1cc(-c2c3c(nc4c2c(C#N)cn4C(C)(C)C)CC(C)(C)CC3=O)ccc1O. The van der Waals surface area contributed by atoms with Crippen LogP contribution in [-0.2, 0) is 12.0 Å². The summed E-state index contributed by atoms with van der Waals surface area (Å²) in [7, 11) is 1.49. The Balaban J connectivity index is 2.20. The number of aromatic hydroxyl groups is 1. The lowest BCUT2D eigenvalue weighted by molar-refractivity contribution is 0.0911. The Hall–Kier alpha value is -3.33. The second-order valence-electron chi connectivity index (χ2n) is 10.0. The molecule has 6 nitrogen and oxygen atoms in total. The lowest BCUT2D eigenvalue weighted by Gasteiger charge is -2.31. The highest BCUT2D eigenvalue weighted by Gasteiger charge is 2.36. The lowest BCUT2D eigenvalue weighted by atomic mass is 9.73. The number of hydrogen-bond acceptors (Lipinski definition) is 5. The Bertz CT molecular complexity index is 1270. The average Bonchev–Trinajstić information content (AvgIpc) is 3.04. The maximum absolute atomic E-state index is 13.4. The number of phenols is 1. The maximum Gasteiger partial charge on any atom is 0.165 e. The third kappa shape index (κ3) is 3.34. The number of methoxy groups -OCH3 is 1. The number of ether oxygens (including phenoxy) is 1. The van der Waals surface area contributed by atoms with Crippen molar-refractivity contribution in [1.82, 2.24) is 9.55 Å². The summed E-state index contributed by atoms with van der Waals surface area (Å²) < 4.78 is 7.33. The topological polar surface area (TPSA) is 88.1 Å². The molecule has 0 unspecified atom stereocenters. The molecule has 0 saturated heterocycles. The van der Waals surface area contributed by atoms with Gasteiger partial charge in [0.2, 0.25) is 0 Å². The fourth-order valence-electron chi connectivity index (χ4n) is 4.49. The molecule has 0 spiro atoms. The normalized spacial score (nSPS) is 15.6. The Labute approximate surface area is 182 Å². The Morgan fingerprint density at radius 2 is 1.94 bits per heavy atom. The number of carbonyl (C=O) groups excluding carboxylic acids is 1. The third-order valence-electron chi connectivity index (χ3n) is 5.88. The van der Waals surface area contributed by atoms with Crippen molar-refractivity contribution < 1.29 is 14.6 Å². The molecule has 0 amide bonds. The van der Waals surface area contributed by atoms with Gasteiger partial charge < -0.3 is 14.4 Å². The maximum atomic E-state index is 13.4. The van der Waals surface area contributed by atoms with Crippen LogP contribution in [0.15, 0.2) is 24.4 Å². The number of phenolic OH excluding ortho intramolecular Hbond substituents is 1. The van der Waals surface area contributed by atoms with Crippen molar-refractivity contribution in [3.63, 3.8) is 0 Å². The summed E-state index contributed by atoms with van der Waals surface area (Å²) in [6, 6.07) is 7.32. The van der Waals surface area contributed by atoms with Crippen LogP contribution in [0.1, 0.15) is 62.7 Å². The van der Waals surface area contributed by atoms with Crippen LogP contribution in [0.4, 0.5) is 0 Å². The molecule has 0 aliphatic heterocycles. The first-order chi connectivity index (χ1) is 14.5. The van der Waals surface area contributed by atoms with Gasteiger partial charge in [-0.1, -0.05) is 19.9 Å². The minimum atomic E-state index is -0.299. The zero-order chi connectivity index (χ0) is 22.7. The van der Waals surface area contributed by atoms with Crippen molar-refractivity contribution in [2.24, 2.45) is 5.41 Å². The Kier molecular flexibility index (Phi) is 4.62. The fourth-order valence-corrected chi connectivity index (χ4v) is 4.49. The number of ketones is 1. The molecule has 4 rings (SSSR count). The molecule has 31 heavy (non-hydrogen) atoms. The molecule has 0 atom stereocenters. The summed E-state index contributed by atoms with van der Waals surface area (Å²) in [5.74, 6) is 0.356. The molecule has 1 aliphatic carbocycles. The number of nitrogens with zero attached hydrogens (tertiary/aromatic N) is 3. The quantitative estimate of drug-likeness (QED) is 0.619. The van der Waals surface area contributed by atoms with Crippen LogP contribution in [0.25, 0.3) is 22.2 Å². The number of rotatable bonds is 2. The second kappa shape index (κ2) is 6.84. The predicted octanol–water partition coefficient (Wildman–Crippen LogP) is 5.20. The Morgan fingerprint density at radius 1 is 1.23 bits per heavy atom. The molecule has 2 aromatic heterocycles. The van der Waals surface area contributed by atoms with E-state index in [1.807, 2.05) is 10.8 Å². The lowest BCUT2D eigenvalue weighted by Crippen LogP contribution is -2.29. The molecule has 0 fully saturated rings. The van der Waals surface area contributed by atoms with Gasteiger partial charge in [-0.3, -0.25) is 4.79 Å². The van der Waals surface area contributed by atoms with Gasteiger partial charge >= 0.3 is 0 Å². The van der Waals surface area contributed by atoms with Gasteiger partial charge in [0.05, 0.1) is 18.4 Å². The van der Waals surface area contributed by atoms with E-state index in [-0.39, 0.29) is 22.5 Å². The van der Waals surface area contributed by atoms with E-state index in [2.05, 4.69) is 40.7 Å². The van der Waals surface area contributed by atoms with E-state index in [9.17, 15) is 15.2 Å². The van der Waals surface area contributed by atoms with Gasteiger partial charge in [0.1, 0.15) is 11.7 Å². The summed E-state index contributed by atoms with van der Waals surface area (Å²) in [5.41, 5.74) is 3.41.